The van der Waals surface area contributed by atoms with Crippen LogP contribution < -0.4 is 0 Å². The molecule has 1 aliphatic rings. The zero-order chi connectivity index (χ0) is 11.3. The fourth-order valence-electron chi connectivity index (χ4n) is 1.73. The summed E-state index contributed by atoms with van der Waals surface area (Å²) < 4.78 is 5.41. The van der Waals surface area contributed by atoms with Crippen LogP contribution in [0.4, 0.5) is 0 Å². The van der Waals surface area contributed by atoms with Crippen molar-refractivity contribution in [2.45, 2.75) is 27.2 Å². The molecule has 1 aromatic rings. The Hall–Kier alpha value is -1.02. The van der Waals surface area contributed by atoms with Crippen molar-refractivity contribution >= 4 is 5.57 Å². The number of rotatable bonds is 1. The molecule has 0 atom stereocenters. The molecule has 0 aliphatic carbocycles. The molecule has 0 aromatic carbocycles. The summed E-state index contributed by atoms with van der Waals surface area (Å²) in [6.07, 6.45) is 2.90. The fraction of sp³-hybridized carbons (Fsp3) is 0.538. The van der Waals surface area contributed by atoms with Crippen LogP contribution in [0.25, 0.3) is 5.57 Å². The smallest absolute Gasteiger partial charge is 0.131 e. The maximum absolute atomic E-state index is 5.41. The first-order chi connectivity index (χ1) is 7.27. The number of hydrogen-bond acceptors (Lipinski definition) is 2. The van der Waals surface area contributed by atoms with Crippen LogP contribution in [0, 0.1) is 0 Å². The van der Waals surface area contributed by atoms with Crippen molar-refractivity contribution in [1.82, 2.24) is 4.90 Å². The monoisotopic (exact) mass is 207 g/mol. The van der Waals surface area contributed by atoms with Crippen LogP contribution in [0.5, 0.6) is 0 Å². The van der Waals surface area contributed by atoms with E-state index in [1.807, 2.05) is 26.0 Å². The van der Waals surface area contributed by atoms with Gasteiger partial charge in [-0.1, -0.05) is 19.4 Å². The zero-order valence-corrected chi connectivity index (χ0v) is 10.2. The molecule has 0 radical (unpaired) electrons. The molecule has 0 bridgehead atoms. The molecule has 1 aromatic heterocycles. The Morgan fingerprint density at radius 1 is 1.33 bits per heavy atom. The quantitative estimate of drug-likeness (QED) is 0.701. The second-order valence-corrected chi connectivity index (χ2v) is 3.72. The van der Waals surface area contributed by atoms with Gasteiger partial charge in [0.05, 0.1) is 6.26 Å². The van der Waals surface area contributed by atoms with Gasteiger partial charge in [-0.05, 0) is 32.5 Å². The highest BCUT2D eigenvalue weighted by Gasteiger charge is 2.16. The minimum atomic E-state index is 1.01. The molecular formula is C13H21NO. The van der Waals surface area contributed by atoms with E-state index in [2.05, 4.69) is 18.9 Å². The molecule has 0 N–H and O–H groups in total. The maximum Gasteiger partial charge on any atom is 0.131 e. The minimum Gasteiger partial charge on any atom is -0.465 e. The van der Waals surface area contributed by atoms with E-state index in [9.17, 15) is 0 Å². The maximum atomic E-state index is 5.41. The Balaban J connectivity index is 0.000000531. The number of furan rings is 1. The molecule has 2 heteroatoms. The first-order valence-electron chi connectivity index (χ1n) is 5.68. The minimum absolute atomic E-state index is 1.01. The lowest BCUT2D eigenvalue weighted by atomic mass is 10.0. The molecule has 84 valence electrons. The zero-order valence-electron chi connectivity index (χ0n) is 10.2. The molecule has 0 saturated carbocycles. The molecule has 0 saturated heterocycles. The summed E-state index contributed by atoms with van der Waals surface area (Å²) in [5, 5.41) is 0. The summed E-state index contributed by atoms with van der Waals surface area (Å²) in [6.45, 7) is 8.38. The average Bonchev–Trinajstić information content (AvgIpc) is 2.78. The highest BCUT2D eigenvalue weighted by molar-refractivity contribution is 5.66. The average molecular weight is 207 g/mol. The summed E-state index contributed by atoms with van der Waals surface area (Å²) in [6, 6.07) is 3.99. The van der Waals surface area contributed by atoms with Crippen LogP contribution in [0.3, 0.4) is 0 Å². The lowest BCUT2D eigenvalue weighted by Crippen LogP contribution is -2.26. The molecule has 2 rings (SSSR count). The Labute approximate surface area is 92.6 Å². The van der Waals surface area contributed by atoms with E-state index in [4.69, 9.17) is 4.42 Å². The van der Waals surface area contributed by atoms with Gasteiger partial charge in [0.15, 0.2) is 0 Å². The third kappa shape index (κ3) is 2.96. The molecule has 1 aliphatic heterocycles. The van der Waals surface area contributed by atoms with Gasteiger partial charge in [0, 0.05) is 18.7 Å². The second kappa shape index (κ2) is 5.76. The summed E-state index contributed by atoms with van der Waals surface area (Å²) >= 11 is 0. The first kappa shape index (κ1) is 12.1. The van der Waals surface area contributed by atoms with Crippen LogP contribution in [0.2, 0.25) is 0 Å². The van der Waals surface area contributed by atoms with E-state index in [1.165, 1.54) is 11.1 Å². The van der Waals surface area contributed by atoms with Gasteiger partial charge < -0.3 is 9.32 Å². The topological polar surface area (TPSA) is 16.4 Å². The Kier molecular flexibility index (Phi) is 4.63. The summed E-state index contributed by atoms with van der Waals surface area (Å²) in [7, 11) is 2.15. The molecule has 0 spiro atoms. The van der Waals surface area contributed by atoms with Gasteiger partial charge in [0.1, 0.15) is 5.76 Å². The van der Waals surface area contributed by atoms with Crippen LogP contribution in [-0.4, -0.2) is 25.0 Å². The van der Waals surface area contributed by atoms with Gasteiger partial charge in [-0.25, -0.2) is 0 Å². The van der Waals surface area contributed by atoms with E-state index in [0.29, 0.717) is 0 Å². The Morgan fingerprint density at radius 2 is 2.07 bits per heavy atom. The number of hydrogen-bond donors (Lipinski definition) is 0. The standard InChI is InChI=1S/C11H15NO.C2H6/c1-9-5-6-12(2)8-10(9)11-4-3-7-13-11;1-2/h3-4,7H,5-6,8H2,1-2H3;1-2H3. The molecule has 2 heterocycles. The number of nitrogens with zero attached hydrogens (tertiary/aromatic N) is 1. The molecular weight excluding hydrogens is 186 g/mol. The number of likely N-dealkylation sites (N-methyl/N-ethyl adjacent to an activating group) is 1. The predicted octanol–water partition coefficient (Wildman–Crippen LogP) is 3.41. The third-order valence-electron chi connectivity index (χ3n) is 2.63. The molecule has 0 amide bonds. The Morgan fingerprint density at radius 3 is 2.67 bits per heavy atom. The van der Waals surface area contributed by atoms with Gasteiger partial charge >= 0.3 is 0 Å². The lowest BCUT2D eigenvalue weighted by Gasteiger charge is -2.25. The van der Waals surface area contributed by atoms with Crippen LogP contribution in [0.15, 0.2) is 28.4 Å². The van der Waals surface area contributed by atoms with Gasteiger partial charge in [-0.3, -0.25) is 0 Å². The van der Waals surface area contributed by atoms with Crippen LogP contribution in [0.1, 0.15) is 33.0 Å². The van der Waals surface area contributed by atoms with Gasteiger partial charge in [-0.2, -0.15) is 0 Å². The highest BCUT2D eigenvalue weighted by Crippen LogP contribution is 2.25. The summed E-state index contributed by atoms with van der Waals surface area (Å²) in [4.78, 5) is 2.32. The summed E-state index contributed by atoms with van der Waals surface area (Å²) in [5.74, 6) is 1.03. The first-order valence-corrected chi connectivity index (χ1v) is 5.68. The van der Waals surface area contributed by atoms with E-state index >= 15 is 0 Å². The van der Waals surface area contributed by atoms with Gasteiger partial charge in [0.25, 0.3) is 0 Å². The highest BCUT2D eigenvalue weighted by atomic mass is 16.3. The Bertz CT molecular complexity index is 311. The van der Waals surface area contributed by atoms with Crippen LogP contribution >= 0.6 is 0 Å². The van der Waals surface area contributed by atoms with E-state index < -0.39 is 0 Å². The largest absolute Gasteiger partial charge is 0.465 e. The van der Waals surface area contributed by atoms with Gasteiger partial charge in [-0.15, -0.1) is 0 Å². The van der Waals surface area contributed by atoms with Crippen molar-refractivity contribution in [3.63, 3.8) is 0 Å². The molecule has 0 fully saturated rings. The van der Waals surface area contributed by atoms with Gasteiger partial charge in [0.2, 0.25) is 0 Å². The van der Waals surface area contributed by atoms with E-state index in [1.54, 1.807) is 6.26 Å². The normalized spacial score (nSPS) is 17.3. The van der Waals surface area contributed by atoms with Crippen LogP contribution in [-0.2, 0) is 0 Å². The van der Waals surface area contributed by atoms with E-state index in [0.717, 1.165) is 25.3 Å². The van der Waals surface area contributed by atoms with E-state index in [-0.39, 0.29) is 0 Å². The molecule has 0 unspecified atom stereocenters. The van der Waals surface area contributed by atoms with Crippen molar-refractivity contribution in [2.75, 3.05) is 20.1 Å². The van der Waals surface area contributed by atoms with Crippen molar-refractivity contribution in [3.8, 4) is 0 Å². The van der Waals surface area contributed by atoms with Crippen molar-refractivity contribution in [2.24, 2.45) is 0 Å². The third-order valence-corrected chi connectivity index (χ3v) is 2.63. The molecule has 2 nitrogen and oxygen atoms in total. The lowest BCUT2D eigenvalue weighted by molar-refractivity contribution is 0.362. The SMILES string of the molecule is CC.CC1=C(c2ccco2)CN(C)CC1. The second-order valence-electron chi connectivity index (χ2n) is 3.72. The van der Waals surface area contributed by atoms with Crippen molar-refractivity contribution in [1.29, 1.82) is 0 Å². The summed E-state index contributed by atoms with van der Waals surface area (Å²) in [5.41, 5.74) is 2.83. The van der Waals surface area contributed by atoms with Crippen molar-refractivity contribution in [3.05, 3.63) is 29.7 Å². The molecule has 15 heavy (non-hydrogen) atoms. The fourth-order valence-corrected chi connectivity index (χ4v) is 1.73. The van der Waals surface area contributed by atoms with Crippen molar-refractivity contribution < 1.29 is 4.42 Å². The predicted molar refractivity (Wildman–Crippen MR) is 64.8 cm³/mol.